The summed E-state index contributed by atoms with van der Waals surface area (Å²) in [5, 5.41) is 9.85. The van der Waals surface area contributed by atoms with Gasteiger partial charge < -0.3 is 4.42 Å². The molecule has 0 fully saturated rings. The molecule has 1 aliphatic heterocycles. The van der Waals surface area contributed by atoms with Gasteiger partial charge in [0.2, 0.25) is 0 Å². The predicted molar refractivity (Wildman–Crippen MR) is 131 cm³/mol. The number of rotatable bonds is 1. The highest BCUT2D eigenvalue weighted by molar-refractivity contribution is 6.28. The van der Waals surface area contributed by atoms with E-state index in [1.54, 1.807) is 6.34 Å². The van der Waals surface area contributed by atoms with Crippen LogP contribution in [0.5, 0.6) is 0 Å². The SMILES string of the molecule is CC1N=CN=C1c1ccc2c(c1)oc1cc3c4ccccc4c4ccccc4c3cc12. The molecule has 1 aromatic heterocycles. The van der Waals surface area contributed by atoms with E-state index in [0.29, 0.717) is 0 Å². The second-order valence-corrected chi connectivity index (χ2v) is 8.25. The predicted octanol–water partition coefficient (Wildman–Crippen LogP) is 7.27. The highest BCUT2D eigenvalue weighted by Gasteiger charge is 2.18. The molecule has 0 amide bonds. The molecule has 0 saturated carbocycles. The molecule has 0 saturated heterocycles. The molecule has 7 rings (SSSR count). The molecule has 0 spiro atoms. The molecule has 0 radical (unpaired) electrons. The van der Waals surface area contributed by atoms with Gasteiger partial charge in [-0.15, -0.1) is 0 Å². The van der Waals surface area contributed by atoms with Gasteiger partial charge in [-0.05, 0) is 63.5 Å². The van der Waals surface area contributed by atoms with Crippen molar-refractivity contribution in [3.05, 3.63) is 84.4 Å². The molecular formula is C28H18N2O. The molecule has 3 nitrogen and oxygen atoms in total. The van der Waals surface area contributed by atoms with Crippen LogP contribution in [0.4, 0.5) is 0 Å². The van der Waals surface area contributed by atoms with Crippen LogP contribution in [0.15, 0.2) is 93.3 Å². The van der Waals surface area contributed by atoms with E-state index in [2.05, 4.69) is 95.8 Å². The van der Waals surface area contributed by atoms with Gasteiger partial charge in [-0.3, -0.25) is 4.99 Å². The lowest BCUT2D eigenvalue weighted by atomic mass is 9.93. The minimum Gasteiger partial charge on any atom is -0.456 e. The van der Waals surface area contributed by atoms with E-state index in [1.165, 1.54) is 32.3 Å². The summed E-state index contributed by atoms with van der Waals surface area (Å²) in [4.78, 5) is 8.80. The molecule has 1 atom stereocenters. The molecular weight excluding hydrogens is 380 g/mol. The Labute approximate surface area is 178 Å². The lowest BCUT2D eigenvalue weighted by Gasteiger charge is -2.10. The van der Waals surface area contributed by atoms with Crippen molar-refractivity contribution in [3.8, 4) is 0 Å². The van der Waals surface area contributed by atoms with Gasteiger partial charge in [-0.1, -0.05) is 54.6 Å². The summed E-state index contributed by atoms with van der Waals surface area (Å²) < 4.78 is 6.36. The van der Waals surface area contributed by atoms with E-state index in [9.17, 15) is 0 Å². The van der Waals surface area contributed by atoms with E-state index in [-0.39, 0.29) is 6.04 Å². The lowest BCUT2D eigenvalue weighted by molar-refractivity contribution is 0.669. The summed E-state index contributed by atoms with van der Waals surface area (Å²) >= 11 is 0. The minimum atomic E-state index is 0.0853. The van der Waals surface area contributed by atoms with Crippen LogP contribution in [0.3, 0.4) is 0 Å². The van der Waals surface area contributed by atoms with Gasteiger partial charge in [-0.2, -0.15) is 0 Å². The fourth-order valence-corrected chi connectivity index (χ4v) is 5.02. The van der Waals surface area contributed by atoms with Crippen molar-refractivity contribution >= 4 is 66.3 Å². The minimum absolute atomic E-state index is 0.0853. The number of aliphatic imine (C=N–C) groups is 2. The van der Waals surface area contributed by atoms with Gasteiger partial charge in [0.1, 0.15) is 17.5 Å². The fourth-order valence-electron chi connectivity index (χ4n) is 5.02. The van der Waals surface area contributed by atoms with Gasteiger partial charge >= 0.3 is 0 Å². The van der Waals surface area contributed by atoms with Crippen molar-refractivity contribution < 1.29 is 4.42 Å². The third-order valence-corrected chi connectivity index (χ3v) is 6.51. The molecule has 1 unspecified atom stereocenters. The normalized spacial score (nSPS) is 16.3. The van der Waals surface area contributed by atoms with Crippen LogP contribution in [-0.4, -0.2) is 18.1 Å². The van der Waals surface area contributed by atoms with E-state index in [4.69, 9.17) is 4.42 Å². The van der Waals surface area contributed by atoms with Gasteiger partial charge in [0, 0.05) is 16.3 Å². The van der Waals surface area contributed by atoms with E-state index in [1.807, 2.05) is 0 Å². The average Bonchev–Trinajstić information content (AvgIpc) is 3.40. The molecule has 2 heterocycles. The molecule has 0 bridgehead atoms. The maximum atomic E-state index is 6.36. The first kappa shape index (κ1) is 16.8. The van der Waals surface area contributed by atoms with Gasteiger partial charge in [0.25, 0.3) is 0 Å². The van der Waals surface area contributed by atoms with E-state index in [0.717, 1.165) is 33.2 Å². The Morgan fingerprint density at radius 1 is 0.613 bits per heavy atom. The average molecular weight is 398 g/mol. The van der Waals surface area contributed by atoms with Gasteiger partial charge in [0.05, 0.1) is 11.8 Å². The van der Waals surface area contributed by atoms with Crippen molar-refractivity contribution in [2.24, 2.45) is 9.98 Å². The Morgan fingerprint density at radius 2 is 1.23 bits per heavy atom. The number of fused-ring (bicyclic) bond motifs is 9. The molecule has 146 valence electrons. The number of hydrogen-bond acceptors (Lipinski definition) is 3. The monoisotopic (exact) mass is 398 g/mol. The first-order chi connectivity index (χ1) is 15.3. The maximum Gasteiger partial charge on any atom is 0.136 e. The van der Waals surface area contributed by atoms with Crippen molar-refractivity contribution in [2.45, 2.75) is 13.0 Å². The molecule has 0 aliphatic carbocycles. The van der Waals surface area contributed by atoms with E-state index >= 15 is 0 Å². The molecule has 31 heavy (non-hydrogen) atoms. The summed E-state index contributed by atoms with van der Waals surface area (Å²) in [6.07, 6.45) is 1.64. The summed E-state index contributed by atoms with van der Waals surface area (Å²) in [7, 11) is 0. The van der Waals surface area contributed by atoms with E-state index < -0.39 is 0 Å². The quantitative estimate of drug-likeness (QED) is 0.268. The molecule has 5 aromatic carbocycles. The highest BCUT2D eigenvalue weighted by atomic mass is 16.3. The Bertz CT molecular complexity index is 1750. The third kappa shape index (κ3) is 2.29. The largest absolute Gasteiger partial charge is 0.456 e. The van der Waals surface area contributed by atoms with Crippen LogP contribution >= 0.6 is 0 Å². The Morgan fingerprint density at radius 3 is 1.87 bits per heavy atom. The Balaban J connectivity index is 1.59. The fraction of sp³-hybridized carbons (Fsp3) is 0.0714. The van der Waals surface area contributed by atoms with Crippen molar-refractivity contribution in [1.82, 2.24) is 0 Å². The molecule has 1 aliphatic rings. The zero-order valence-electron chi connectivity index (χ0n) is 17.0. The second kappa shape index (κ2) is 6.02. The standard InChI is InChI=1S/C28H18N2O/c1-16-28(30-15-29-16)17-10-11-22-25-13-23-20-8-4-2-6-18(20)19-7-3-5-9-21(19)24(23)14-27(25)31-26(22)12-17/h2-16H,1H3. The zero-order chi connectivity index (χ0) is 20.5. The summed E-state index contributed by atoms with van der Waals surface area (Å²) in [5.41, 5.74) is 3.86. The number of furan rings is 1. The summed E-state index contributed by atoms with van der Waals surface area (Å²) in [5.74, 6) is 0. The maximum absolute atomic E-state index is 6.36. The van der Waals surface area contributed by atoms with Crippen LogP contribution < -0.4 is 0 Å². The van der Waals surface area contributed by atoms with Crippen molar-refractivity contribution in [2.75, 3.05) is 0 Å². The van der Waals surface area contributed by atoms with Crippen LogP contribution in [0.2, 0.25) is 0 Å². The first-order valence-corrected chi connectivity index (χ1v) is 10.6. The van der Waals surface area contributed by atoms with Gasteiger partial charge in [0.15, 0.2) is 0 Å². The topological polar surface area (TPSA) is 37.9 Å². The Kier molecular flexibility index (Phi) is 3.26. The Hall–Kier alpha value is -3.98. The third-order valence-electron chi connectivity index (χ3n) is 6.51. The number of nitrogens with zero attached hydrogens (tertiary/aromatic N) is 2. The summed E-state index contributed by atoms with van der Waals surface area (Å²) in [6.45, 7) is 2.06. The molecule has 3 heteroatoms. The smallest absolute Gasteiger partial charge is 0.136 e. The molecule has 6 aromatic rings. The highest BCUT2D eigenvalue weighted by Crippen LogP contribution is 2.39. The van der Waals surface area contributed by atoms with Crippen LogP contribution in [0, 0.1) is 0 Å². The van der Waals surface area contributed by atoms with Crippen molar-refractivity contribution in [1.29, 1.82) is 0 Å². The molecule has 0 N–H and O–H groups in total. The number of hydrogen-bond donors (Lipinski definition) is 0. The number of benzene rings is 5. The second-order valence-electron chi connectivity index (χ2n) is 8.25. The van der Waals surface area contributed by atoms with Crippen LogP contribution in [0.1, 0.15) is 12.5 Å². The van der Waals surface area contributed by atoms with Gasteiger partial charge in [-0.25, -0.2) is 4.99 Å². The van der Waals surface area contributed by atoms with Crippen LogP contribution in [-0.2, 0) is 0 Å². The zero-order valence-corrected chi connectivity index (χ0v) is 17.0. The first-order valence-electron chi connectivity index (χ1n) is 10.6. The van der Waals surface area contributed by atoms with Crippen LogP contribution in [0.25, 0.3) is 54.3 Å². The van der Waals surface area contributed by atoms with Crippen molar-refractivity contribution in [3.63, 3.8) is 0 Å². The summed E-state index contributed by atoms with van der Waals surface area (Å²) in [6, 6.07) is 28.3. The lowest BCUT2D eigenvalue weighted by Crippen LogP contribution is -2.12.